The van der Waals surface area contributed by atoms with Crippen LogP contribution in [0.3, 0.4) is 0 Å². The minimum atomic E-state index is -1.21. The predicted molar refractivity (Wildman–Crippen MR) is 50.3 cm³/mol. The van der Waals surface area contributed by atoms with Gasteiger partial charge in [0.25, 0.3) is 11.4 Å². The average Bonchev–Trinajstić information content (AvgIpc) is 2.16. The van der Waals surface area contributed by atoms with Crippen LogP contribution in [0.15, 0.2) is 12.1 Å². The van der Waals surface area contributed by atoms with E-state index in [1.165, 1.54) is 0 Å². The molecule has 10 nitrogen and oxygen atoms in total. The number of nitro groups is 3. The van der Waals surface area contributed by atoms with E-state index in [1.807, 2.05) is 0 Å². The van der Waals surface area contributed by atoms with Crippen molar-refractivity contribution in [3.05, 3.63) is 42.5 Å². The van der Waals surface area contributed by atoms with Crippen LogP contribution < -0.4 is 59.1 Å². The van der Waals surface area contributed by atoms with Crippen LogP contribution in [0.25, 0.3) is 0 Å². The van der Waals surface area contributed by atoms with Gasteiger partial charge in [-0.2, -0.15) is 0 Å². The monoisotopic (exact) mass is 277 g/mol. The first-order valence-corrected chi connectivity index (χ1v) is 3.64. The summed E-state index contributed by atoms with van der Waals surface area (Å²) >= 11 is 0. The number of hydrogen-bond acceptors (Lipinski definition) is 7. The molecule has 0 unspecified atom stereocenters. The summed E-state index contributed by atoms with van der Waals surface area (Å²) in [6.45, 7) is 0. The van der Waals surface area contributed by atoms with Crippen molar-refractivity contribution in [3.8, 4) is 5.75 Å². The fourth-order valence-corrected chi connectivity index (χ4v) is 0.974. The second-order valence-corrected chi connectivity index (χ2v) is 2.60. The van der Waals surface area contributed by atoms with Gasteiger partial charge in [0, 0.05) is 0 Å². The molecule has 0 fully saturated rings. The Bertz CT molecular complexity index is 480. The Morgan fingerprint density at radius 3 is 1.44 bits per heavy atom. The van der Waals surface area contributed by atoms with Crippen molar-refractivity contribution >= 4 is 17.1 Å². The molecular formula is C6H5N3Na2O7. The molecule has 0 spiro atoms. The van der Waals surface area contributed by atoms with Gasteiger partial charge in [-0.25, -0.2) is 0 Å². The molecule has 0 radical (unpaired) electrons. The minimum absolute atomic E-state index is 0. The zero-order chi connectivity index (χ0) is 12.5. The van der Waals surface area contributed by atoms with Gasteiger partial charge >= 0.3 is 70.5 Å². The van der Waals surface area contributed by atoms with Crippen LogP contribution in [-0.2, 0) is 0 Å². The zero-order valence-corrected chi connectivity index (χ0v) is 13.4. The Labute approximate surface area is 146 Å². The molecule has 0 bridgehead atoms. The van der Waals surface area contributed by atoms with Crippen molar-refractivity contribution in [3.63, 3.8) is 0 Å². The van der Waals surface area contributed by atoms with E-state index in [4.69, 9.17) is 5.11 Å². The van der Waals surface area contributed by atoms with Gasteiger partial charge in [-0.3, -0.25) is 30.3 Å². The molecule has 0 atom stereocenters. The fourth-order valence-electron chi connectivity index (χ4n) is 0.974. The number of phenolic OH excluding ortho intramolecular Hbond substituents is 1. The van der Waals surface area contributed by atoms with Gasteiger partial charge in [0.05, 0.1) is 26.9 Å². The molecule has 0 aromatic heterocycles. The van der Waals surface area contributed by atoms with E-state index in [0.717, 1.165) is 0 Å². The third-order valence-corrected chi connectivity index (χ3v) is 1.66. The molecule has 1 aromatic rings. The van der Waals surface area contributed by atoms with E-state index < -0.39 is 37.6 Å². The Kier molecular flexibility index (Phi) is 8.27. The quantitative estimate of drug-likeness (QED) is 0.331. The molecule has 0 aliphatic carbocycles. The molecular weight excluding hydrogens is 272 g/mol. The van der Waals surface area contributed by atoms with Gasteiger partial charge in [-0.15, -0.1) is 0 Å². The van der Waals surface area contributed by atoms with E-state index in [0.29, 0.717) is 12.1 Å². The molecule has 0 aliphatic heterocycles. The zero-order valence-electron chi connectivity index (χ0n) is 11.4. The van der Waals surface area contributed by atoms with Gasteiger partial charge in [0.15, 0.2) is 0 Å². The van der Waals surface area contributed by atoms with Crippen molar-refractivity contribution in [1.82, 2.24) is 0 Å². The number of rotatable bonds is 3. The van der Waals surface area contributed by atoms with E-state index in [2.05, 4.69) is 0 Å². The fraction of sp³-hybridized carbons (Fsp3) is 0. The van der Waals surface area contributed by atoms with Crippen molar-refractivity contribution in [2.24, 2.45) is 0 Å². The maximum Gasteiger partial charge on any atom is 1.00 e. The molecule has 0 saturated carbocycles. The number of nitrogens with zero attached hydrogens (tertiary/aromatic N) is 3. The van der Waals surface area contributed by atoms with Crippen molar-refractivity contribution in [2.75, 3.05) is 0 Å². The van der Waals surface area contributed by atoms with Gasteiger partial charge in [0.2, 0.25) is 0 Å². The van der Waals surface area contributed by atoms with Crippen LogP contribution in [0.5, 0.6) is 5.75 Å². The van der Waals surface area contributed by atoms with E-state index in [1.54, 1.807) is 0 Å². The Morgan fingerprint density at radius 2 is 1.22 bits per heavy atom. The number of benzene rings is 1. The Hall–Kier alpha value is -0.780. The molecule has 1 rings (SSSR count). The molecule has 18 heavy (non-hydrogen) atoms. The normalized spacial score (nSPS) is 8.67. The second-order valence-electron chi connectivity index (χ2n) is 2.60. The summed E-state index contributed by atoms with van der Waals surface area (Å²) in [5.41, 5.74) is -3.00. The van der Waals surface area contributed by atoms with E-state index >= 15 is 0 Å². The van der Waals surface area contributed by atoms with Crippen molar-refractivity contribution < 1.29 is 81.8 Å². The van der Waals surface area contributed by atoms with Crippen LogP contribution in [0.1, 0.15) is 2.85 Å². The van der Waals surface area contributed by atoms with Crippen LogP contribution >= 0.6 is 0 Å². The summed E-state index contributed by atoms with van der Waals surface area (Å²) in [6, 6.07) is 0.894. The van der Waals surface area contributed by atoms with E-state index in [-0.39, 0.29) is 62.0 Å². The first-order valence-electron chi connectivity index (χ1n) is 3.64. The maximum absolute atomic E-state index is 10.4. The Balaban J connectivity index is -0.000000320. The molecule has 0 saturated heterocycles. The van der Waals surface area contributed by atoms with Crippen LogP contribution in [0.2, 0.25) is 0 Å². The summed E-state index contributed by atoms with van der Waals surface area (Å²) in [7, 11) is 0. The first-order chi connectivity index (χ1) is 7.34. The van der Waals surface area contributed by atoms with Gasteiger partial charge in [0.1, 0.15) is 0 Å². The van der Waals surface area contributed by atoms with Gasteiger partial charge in [-0.1, -0.05) is 0 Å². The summed E-state index contributed by atoms with van der Waals surface area (Å²) < 4.78 is 0. The topological polar surface area (TPSA) is 150 Å². The number of aromatic hydroxyl groups is 1. The average molecular weight is 277 g/mol. The van der Waals surface area contributed by atoms with Crippen molar-refractivity contribution in [2.45, 2.75) is 0 Å². The van der Waals surface area contributed by atoms with Gasteiger partial charge in [-0.05, 0) is 0 Å². The summed E-state index contributed by atoms with van der Waals surface area (Å²) in [5.74, 6) is -1.21. The van der Waals surface area contributed by atoms with Crippen LogP contribution in [0.4, 0.5) is 17.1 Å². The molecule has 1 N–H and O–H groups in total. The SMILES string of the molecule is O=[N+]([O-])c1cc([N+](=O)[O-])c(O)c([N+](=O)[O-])c1.[H-].[H-].[Na+].[Na+]. The van der Waals surface area contributed by atoms with Crippen LogP contribution in [-0.4, -0.2) is 19.9 Å². The predicted octanol–water partition coefficient (Wildman–Crippen LogP) is -4.65. The molecule has 88 valence electrons. The van der Waals surface area contributed by atoms with Gasteiger partial charge < -0.3 is 7.96 Å². The van der Waals surface area contributed by atoms with Crippen LogP contribution in [0, 0.1) is 30.3 Å². The number of non-ortho nitro benzene ring substituents is 1. The maximum atomic E-state index is 10.4. The standard InChI is InChI=1S/C6H3N3O7.2Na.2H/c10-6-4(8(13)14)1-3(7(11)12)2-5(6)9(15)16;;;;/h1-2,10H;;;;/q;2*+1;2*-1. The molecule has 0 heterocycles. The third kappa shape index (κ3) is 4.15. The molecule has 12 heteroatoms. The summed E-state index contributed by atoms with van der Waals surface area (Å²) in [4.78, 5) is 27.8. The summed E-state index contributed by atoms with van der Waals surface area (Å²) in [6.07, 6.45) is 0. The second kappa shape index (κ2) is 7.61. The minimum Gasteiger partial charge on any atom is -1.00 e. The number of hydrogen-bond donors (Lipinski definition) is 1. The third-order valence-electron chi connectivity index (χ3n) is 1.66. The van der Waals surface area contributed by atoms with Crippen molar-refractivity contribution in [1.29, 1.82) is 0 Å². The Morgan fingerprint density at radius 1 is 0.889 bits per heavy atom. The number of phenols is 1. The molecule has 0 aliphatic rings. The van der Waals surface area contributed by atoms with E-state index in [9.17, 15) is 30.3 Å². The molecule has 0 amide bonds. The smallest absolute Gasteiger partial charge is 1.00 e. The summed E-state index contributed by atoms with van der Waals surface area (Å²) in [5, 5.41) is 40.2. The number of nitro benzene ring substituents is 3. The first kappa shape index (κ1) is 19.6. The molecule has 1 aromatic carbocycles. The largest absolute Gasteiger partial charge is 1.00 e.